The zero-order chi connectivity index (χ0) is 14.5. The molecule has 0 bridgehead atoms. The first-order valence-electron chi connectivity index (χ1n) is 6.52. The SMILES string of the molecule is C[C@H](NCCc1ccc(O)cc1)c1cc(Br)ccc1F. The molecule has 2 aromatic carbocycles. The topological polar surface area (TPSA) is 32.3 Å². The molecule has 0 radical (unpaired) electrons. The van der Waals surface area contributed by atoms with Crippen LogP contribution >= 0.6 is 15.9 Å². The molecule has 2 rings (SSSR count). The molecule has 0 saturated carbocycles. The molecule has 20 heavy (non-hydrogen) atoms. The molecule has 0 heterocycles. The van der Waals surface area contributed by atoms with Gasteiger partial charge in [0.15, 0.2) is 0 Å². The molecule has 106 valence electrons. The molecule has 0 aromatic heterocycles. The number of nitrogens with one attached hydrogen (secondary N) is 1. The van der Waals surface area contributed by atoms with E-state index < -0.39 is 0 Å². The number of benzene rings is 2. The minimum atomic E-state index is -0.196. The average molecular weight is 338 g/mol. The Morgan fingerprint density at radius 2 is 1.90 bits per heavy atom. The summed E-state index contributed by atoms with van der Waals surface area (Å²) in [6, 6.07) is 12.0. The van der Waals surface area contributed by atoms with Crippen molar-refractivity contribution in [2.45, 2.75) is 19.4 Å². The quantitative estimate of drug-likeness (QED) is 0.857. The van der Waals surface area contributed by atoms with E-state index in [0.717, 1.165) is 23.0 Å². The van der Waals surface area contributed by atoms with Gasteiger partial charge in [-0.25, -0.2) is 4.39 Å². The summed E-state index contributed by atoms with van der Waals surface area (Å²) >= 11 is 3.36. The summed E-state index contributed by atoms with van der Waals surface area (Å²) in [5, 5.41) is 12.5. The number of hydrogen-bond acceptors (Lipinski definition) is 2. The second-order valence-corrected chi connectivity index (χ2v) is 5.67. The number of halogens is 2. The van der Waals surface area contributed by atoms with Gasteiger partial charge >= 0.3 is 0 Å². The van der Waals surface area contributed by atoms with Crippen LogP contribution < -0.4 is 5.32 Å². The molecule has 2 aromatic rings. The largest absolute Gasteiger partial charge is 0.508 e. The van der Waals surface area contributed by atoms with Crippen molar-refractivity contribution < 1.29 is 9.50 Å². The highest BCUT2D eigenvalue weighted by atomic mass is 79.9. The monoisotopic (exact) mass is 337 g/mol. The van der Waals surface area contributed by atoms with Gasteiger partial charge in [-0.1, -0.05) is 28.1 Å². The summed E-state index contributed by atoms with van der Waals surface area (Å²) in [5.74, 6) is 0.0733. The van der Waals surface area contributed by atoms with Crippen molar-refractivity contribution in [3.8, 4) is 5.75 Å². The maximum absolute atomic E-state index is 13.7. The number of phenols is 1. The van der Waals surface area contributed by atoms with E-state index >= 15 is 0 Å². The lowest BCUT2D eigenvalue weighted by molar-refractivity contribution is 0.475. The van der Waals surface area contributed by atoms with Crippen LogP contribution in [0.15, 0.2) is 46.9 Å². The summed E-state index contributed by atoms with van der Waals surface area (Å²) in [7, 11) is 0. The van der Waals surface area contributed by atoms with Gasteiger partial charge in [-0.05, 0) is 55.8 Å². The van der Waals surface area contributed by atoms with Gasteiger partial charge in [-0.2, -0.15) is 0 Å². The van der Waals surface area contributed by atoms with Gasteiger partial charge in [-0.15, -0.1) is 0 Å². The number of phenolic OH excluding ortho intramolecular Hbond substituents is 1. The molecule has 1 atom stereocenters. The normalized spacial score (nSPS) is 12.3. The van der Waals surface area contributed by atoms with E-state index in [1.165, 1.54) is 6.07 Å². The lowest BCUT2D eigenvalue weighted by Crippen LogP contribution is -2.22. The molecule has 0 aliphatic carbocycles. The Morgan fingerprint density at radius 3 is 2.60 bits per heavy atom. The minimum absolute atomic E-state index is 0.0513. The highest BCUT2D eigenvalue weighted by molar-refractivity contribution is 9.10. The van der Waals surface area contributed by atoms with Crippen LogP contribution in [0.1, 0.15) is 24.1 Å². The molecular formula is C16H17BrFNO. The summed E-state index contributed by atoms with van der Waals surface area (Å²) < 4.78 is 14.6. The third kappa shape index (κ3) is 4.05. The molecule has 0 unspecified atom stereocenters. The lowest BCUT2D eigenvalue weighted by atomic mass is 10.1. The second kappa shape index (κ2) is 6.86. The first kappa shape index (κ1) is 15.0. The average Bonchev–Trinajstić information content (AvgIpc) is 2.43. The molecule has 0 aliphatic heterocycles. The number of rotatable bonds is 5. The second-order valence-electron chi connectivity index (χ2n) is 4.76. The van der Waals surface area contributed by atoms with Gasteiger partial charge < -0.3 is 10.4 Å². The van der Waals surface area contributed by atoms with Crippen molar-refractivity contribution in [3.63, 3.8) is 0 Å². The minimum Gasteiger partial charge on any atom is -0.508 e. The van der Waals surface area contributed by atoms with Crippen LogP contribution in [0.5, 0.6) is 5.75 Å². The van der Waals surface area contributed by atoms with Crippen molar-refractivity contribution in [2.24, 2.45) is 0 Å². The standard InChI is InChI=1S/C16H17BrFNO/c1-11(15-10-13(17)4-7-16(15)18)19-9-8-12-2-5-14(20)6-3-12/h2-7,10-11,19-20H,8-9H2,1H3/t11-/m0/s1. The predicted molar refractivity (Wildman–Crippen MR) is 82.3 cm³/mol. The Morgan fingerprint density at radius 1 is 1.20 bits per heavy atom. The van der Waals surface area contributed by atoms with Crippen molar-refractivity contribution in [1.29, 1.82) is 0 Å². The van der Waals surface area contributed by atoms with Crippen LogP contribution in [0.25, 0.3) is 0 Å². The van der Waals surface area contributed by atoms with E-state index in [2.05, 4.69) is 21.2 Å². The van der Waals surface area contributed by atoms with E-state index in [-0.39, 0.29) is 17.6 Å². The zero-order valence-electron chi connectivity index (χ0n) is 11.2. The van der Waals surface area contributed by atoms with Crippen LogP contribution in [0, 0.1) is 5.82 Å². The van der Waals surface area contributed by atoms with Gasteiger partial charge in [-0.3, -0.25) is 0 Å². The van der Waals surface area contributed by atoms with Crippen molar-refractivity contribution in [2.75, 3.05) is 6.54 Å². The molecule has 0 saturated heterocycles. The Hall–Kier alpha value is -1.39. The van der Waals surface area contributed by atoms with E-state index in [9.17, 15) is 9.50 Å². The van der Waals surface area contributed by atoms with Gasteiger partial charge in [0.05, 0.1) is 0 Å². The third-order valence-corrected chi connectivity index (χ3v) is 3.72. The maximum atomic E-state index is 13.7. The Bertz CT molecular complexity index is 571. The summed E-state index contributed by atoms with van der Waals surface area (Å²) in [6.07, 6.45) is 0.834. The van der Waals surface area contributed by atoms with Crippen LogP contribution in [0.2, 0.25) is 0 Å². The fourth-order valence-electron chi connectivity index (χ4n) is 2.05. The summed E-state index contributed by atoms with van der Waals surface area (Å²) in [5.41, 5.74) is 1.79. The van der Waals surface area contributed by atoms with Crippen LogP contribution in [0.3, 0.4) is 0 Å². The van der Waals surface area contributed by atoms with E-state index in [4.69, 9.17) is 0 Å². The Labute approximate surface area is 126 Å². The fraction of sp³-hybridized carbons (Fsp3) is 0.250. The van der Waals surface area contributed by atoms with E-state index in [1.54, 1.807) is 24.3 Å². The maximum Gasteiger partial charge on any atom is 0.128 e. The smallest absolute Gasteiger partial charge is 0.128 e. The van der Waals surface area contributed by atoms with Gasteiger partial charge in [0.1, 0.15) is 11.6 Å². The van der Waals surface area contributed by atoms with Crippen molar-refractivity contribution >= 4 is 15.9 Å². The molecule has 0 aliphatic rings. The van der Waals surface area contributed by atoms with Crippen LogP contribution in [-0.2, 0) is 6.42 Å². The number of aromatic hydroxyl groups is 1. The van der Waals surface area contributed by atoms with Gasteiger partial charge in [0.25, 0.3) is 0 Å². The molecule has 0 fully saturated rings. The molecule has 2 nitrogen and oxygen atoms in total. The Balaban J connectivity index is 1.90. The fourth-order valence-corrected chi connectivity index (χ4v) is 2.43. The molecule has 2 N–H and O–H groups in total. The molecule has 0 spiro atoms. The first-order valence-corrected chi connectivity index (χ1v) is 7.32. The predicted octanol–water partition coefficient (Wildman–Crippen LogP) is 4.19. The van der Waals surface area contributed by atoms with Crippen LogP contribution in [0.4, 0.5) is 4.39 Å². The summed E-state index contributed by atoms with van der Waals surface area (Å²) in [4.78, 5) is 0. The van der Waals surface area contributed by atoms with Crippen molar-refractivity contribution in [3.05, 3.63) is 63.9 Å². The molecule has 4 heteroatoms. The Kier molecular flexibility index (Phi) is 5.15. The zero-order valence-corrected chi connectivity index (χ0v) is 12.8. The van der Waals surface area contributed by atoms with Gasteiger partial charge in [0, 0.05) is 16.1 Å². The highest BCUT2D eigenvalue weighted by Crippen LogP contribution is 2.21. The summed E-state index contributed by atoms with van der Waals surface area (Å²) in [6.45, 7) is 2.69. The lowest BCUT2D eigenvalue weighted by Gasteiger charge is -2.15. The van der Waals surface area contributed by atoms with Crippen LogP contribution in [-0.4, -0.2) is 11.7 Å². The number of hydrogen-bond donors (Lipinski definition) is 2. The third-order valence-electron chi connectivity index (χ3n) is 3.23. The van der Waals surface area contributed by atoms with Gasteiger partial charge in [0.2, 0.25) is 0 Å². The first-order chi connectivity index (χ1) is 9.56. The molecular weight excluding hydrogens is 321 g/mol. The van der Waals surface area contributed by atoms with Crippen molar-refractivity contribution in [1.82, 2.24) is 5.32 Å². The van der Waals surface area contributed by atoms with E-state index in [0.29, 0.717) is 5.56 Å². The highest BCUT2D eigenvalue weighted by Gasteiger charge is 2.10. The van der Waals surface area contributed by atoms with E-state index in [1.807, 2.05) is 19.1 Å². The molecule has 0 amide bonds.